The van der Waals surface area contributed by atoms with Gasteiger partial charge in [0.25, 0.3) is 6.43 Å². The average molecular weight is 187 g/mol. The Morgan fingerprint density at radius 2 is 2.23 bits per heavy atom. The van der Waals surface area contributed by atoms with Crippen LogP contribution >= 0.6 is 0 Å². The molecule has 0 fully saturated rings. The second-order valence-corrected chi connectivity index (χ2v) is 2.63. The van der Waals surface area contributed by atoms with Crippen molar-refractivity contribution in [3.8, 4) is 0 Å². The van der Waals surface area contributed by atoms with Gasteiger partial charge in [-0.1, -0.05) is 6.07 Å². The van der Waals surface area contributed by atoms with Crippen molar-refractivity contribution in [3.63, 3.8) is 0 Å². The highest BCUT2D eigenvalue weighted by molar-refractivity contribution is 5.05. The highest BCUT2D eigenvalue weighted by Gasteiger charge is 2.19. The highest BCUT2D eigenvalue weighted by Crippen LogP contribution is 2.06. The van der Waals surface area contributed by atoms with E-state index < -0.39 is 12.5 Å². The van der Waals surface area contributed by atoms with Gasteiger partial charge < -0.3 is 0 Å². The number of pyridine rings is 1. The van der Waals surface area contributed by atoms with E-state index >= 15 is 0 Å². The Labute approximate surface area is 74.9 Å². The molecule has 1 rings (SSSR count). The Morgan fingerprint density at radius 1 is 1.46 bits per heavy atom. The topological polar surface area (TPSA) is 50.9 Å². The van der Waals surface area contributed by atoms with Crippen molar-refractivity contribution >= 4 is 0 Å². The van der Waals surface area contributed by atoms with Crippen molar-refractivity contribution in [2.75, 3.05) is 0 Å². The summed E-state index contributed by atoms with van der Waals surface area (Å²) in [6, 6.07) is 4.14. The molecule has 13 heavy (non-hydrogen) atoms. The maximum Gasteiger partial charge on any atom is 0.255 e. The van der Waals surface area contributed by atoms with E-state index in [2.05, 4.69) is 10.4 Å². The van der Waals surface area contributed by atoms with E-state index in [0.717, 1.165) is 0 Å². The molecule has 0 aliphatic rings. The van der Waals surface area contributed by atoms with Crippen molar-refractivity contribution in [2.24, 2.45) is 5.84 Å². The first-order valence-electron chi connectivity index (χ1n) is 3.88. The minimum atomic E-state index is -2.48. The quantitative estimate of drug-likeness (QED) is 0.539. The van der Waals surface area contributed by atoms with Gasteiger partial charge in [-0.3, -0.25) is 16.3 Å². The first kappa shape index (κ1) is 10.0. The van der Waals surface area contributed by atoms with Crippen LogP contribution in [0.1, 0.15) is 5.69 Å². The fourth-order valence-electron chi connectivity index (χ4n) is 0.965. The van der Waals surface area contributed by atoms with Crippen LogP contribution in [0, 0.1) is 0 Å². The summed E-state index contributed by atoms with van der Waals surface area (Å²) in [5.74, 6) is 4.96. The molecule has 0 amide bonds. The fraction of sp³-hybridized carbons (Fsp3) is 0.375. The van der Waals surface area contributed by atoms with Gasteiger partial charge >= 0.3 is 0 Å². The molecule has 0 radical (unpaired) electrons. The van der Waals surface area contributed by atoms with E-state index in [1.54, 1.807) is 24.4 Å². The zero-order valence-electron chi connectivity index (χ0n) is 6.95. The molecule has 1 heterocycles. The van der Waals surface area contributed by atoms with Crippen LogP contribution in [0.2, 0.25) is 0 Å². The molecule has 1 unspecified atom stereocenters. The monoisotopic (exact) mass is 187 g/mol. The lowest BCUT2D eigenvalue weighted by molar-refractivity contribution is 0.0980. The number of hydrogen-bond acceptors (Lipinski definition) is 3. The summed E-state index contributed by atoms with van der Waals surface area (Å²) in [5.41, 5.74) is 2.66. The summed E-state index contributed by atoms with van der Waals surface area (Å²) >= 11 is 0. The van der Waals surface area contributed by atoms with Gasteiger partial charge in [0.2, 0.25) is 0 Å². The Balaban J connectivity index is 2.57. The van der Waals surface area contributed by atoms with E-state index in [1.165, 1.54) is 0 Å². The average Bonchev–Trinajstić information content (AvgIpc) is 2.15. The van der Waals surface area contributed by atoms with E-state index in [9.17, 15) is 8.78 Å². The lowest BCUT2D eigenvalue weighted by Gasteiger charge is -2.13. The van der Waals surface area contributed by atoms with Crippen LogP contribution in [0.5, 0.6) is 0 Å². The molecule has 0 spiro atoms. The van der Waals surface area contributed by atoms with Crippen molar-refractivity contribution < 1.29 is 8.78 Å². The van der Waals surface area contributed by atoms with Crippen LogP contribution in [0.3, 0.4) is 0 Å². The predicted molar refractivity (Wildman–Crippen MR) is 45.1 cm³/mol. The van der Waals surface area contributed by atoms with Gasteiger partial charge in [-0.15, -0.1) is 0 Å². The van der Waals surface area contributed by atoms with E-state index in [0.29, 0.717) is 5.69 Å². The maximum atomic E-state index is 12.2. The smallest absolute Gasteiger partial charge is 0.255 e. The van der Waals surface area contributed by atoms with Gasteiger partial charge in [0.1, 0.15) is 0 Å². The molecule has 0 saturated heterocycles. The van der Waals surface area contributed by atoms with Crippen LogP contribution in [-0.2, 0) is 6.42 Å². The molecule has 5 heteroatoms. The standard InChI is InChI=1S/C8H11F2N3/c9-8(10)7(13-11)5-6-3-1-2-4-12-6/h1-4,7-8,13H,5,11H2. The highest BCUT2D eigenvalue weighted by atomic mass is 19.3. The number of aromatic nitrogens is 1. The SMILES string of the molecule is NNC(Cc1ccccn1)C(F)F. The van der Waals surface area contributed by atoms with Gasteiger partial charge in [0.15, 0.2) is 0 Å². The van der Waals surface area contributed by atoms with Gasteiger partial charge in [0, 0.05) is 18.3 Å². The molecule has 0 aliphatic heterocycles. The van der Waals surface area contributed by atoms with Crippen LogP contribution in [0.15, 0.2) is 24.4 Å². The first-order valence-corrected chi connectivity index (χ1v) is 3.88. The third-order valence-electron chi connectivity index (χ3n) is 1.67. The van der Waals surface area contributed by atoms with Crippen molar-refractivity contribution in [2.45, 2.75) is 18.9 Å². The lowest BCUT2D eigenvalue weighted by Crippen LogP contribution is -2.42. The molecular formula is C8H11F2N3. The molecule has 1 atom stereocenters. The molecule has 3 N–H and O–H groups in total. The number of hydrazine groups is 1. The number of rotatable bonds is 4. The number of alkyl halides is 2. The third-order valence-corrected chi connectivity index (χ3v) is 1.67. The summed E-state index contributed by atoms with van der Waals surface area (Å²) in [5, 5.41) is 0. The first-order chi connectivity index (χ1) is 6.24. The predicted octanol–water partition coefficient (Wildman–Crippen LogP) is 0.721. The summed E-state index contributed by atoms with van der Waals surface area (Å²) in [6.07, 6.45) is -0.782. The summed E-state index contributed by atoms with van der Waals surface area (Å²) < 4.78 is 24.4. The van der Waals surface area contributed by atoms with E-state index in [4.69, 9.17) is 5.84 Å². The van der Waals surface area contributed by atoms with Crippen molar-refractivity contribution in [1.82, 2.24) is 10.4 Å². The Morgan fingerprint density at radius 3 is 2.69 bits per heavy atom. The Hall–Kier alpha value is -1.07. The minimum Gasteiger partial charge on any atom is -0.271 e. The fourth-order valence-corrected chi connectivity index (χ4v) is 0.965. The van der Waals surface area contributed by atoms with Crippen LogP contribution in [0.4, 0.5) is 8.78 Å². The Bertz CT molecular complexity index is 240. The van der Waals surface area contributed by atoms with E-state index in [-0.39, 0.29) is 6.42 Å². The molecular weight excluding hydrogens is 176 g/mol. The number of nitrogens with zero attached hydrogens (tertiary/aromatic N) is 1. The molecule has 0 aliphatic carbocycles. The summed E-state index contributed by atoms with van der Waals surface area (Å²) in [7, 11) is 0. The summed E-state index contributed by atoms with van der Waals surface area (Å²) in [6.45, 7) is 0. The number of nitrogens with two attached hydrogens (primary N) is 1. The van der Waals surface area contributed by atoms with Gasteiger partial charge in [0.05, 0.1) is 6.04 Å². The van der Waals surface area contributed by atoms with Crippen molar-refractivity contribution in [1.29, 1.82) is 0 Å². The third kappa shape index (κ3) is 3.04. The van der Waals surface area contributed by atoms with Crippen molar-refractivity contribution in [3.05, 3.63) is 30.1 Å². The van der Waals surface area contributed by atoms with Crippen LogP contribution in [0.25, 0.3) is 0 Å². The van der Waals surface area contributed by atoms with Gasteiger partial charge in [-0.05, 0) is 12.1 Å². The lowest BCUT2D eigenvalue weighted by atomic mass is 10.1. The largest absolute Gasteiger partial charge is 0.271 e. The molecule has 1 aromatic heterocycles. The molecule has 0 bridgehead atoms. The number of nitrogens with one attached hydrogen (secondary N) is 1. The van der Waals surface area contributed by atoms with E-state index in [1.807, 2.05) is 0 Å². The number of halogens is 2. The zero-order valence-corrected chi connectivity index (χ0v) is 6.95. The normalized spacial score (nSPS) is 13.2. The Kier molecular flexibility index (Phi) is 3.72. The molecule has 1 aromatic rings. The molecule has 0 saturated carbocycles. The van der Waals surface area contributed by atoms with Crippen LogP contribution in [-0.4, -0.2) is 17.5 Å². The zero-order chi connectivity index (χ0) is 9.68. The number of hydrogen-bond donors (Lipinski definition) is 2. The van der Waals surface area contributed by atoms with Crippen LogP contribution < -0.4 is 11.3 Å². The summed E-state index contributed by atoms with van der Waals surface area (Å²) in [4.78, 5) is 3.92. The minimum absolute atomic E-state index is 0.134. The van der Waals surface area contributed by atoms with Gasteiger partial charge in [-0.25, -0.2) is 8.78 Å². The molecule has 0 aromatic carbocycles. The van der Waals surface area contributed by atoms with Gasteiger partial charge in [-0.2, -0.15) is 0 Å². The maximum absolute atomic E-state index is 12.2. The molecule has 3 nitrogen and oxygen atoms in total. The molecule has 72 valence electrons. The second-order valence-electron chi connectivity index (χ2n) is 2.63. The second kappa shape index (κ2) is 4.84.